The molecule has 4 fully saturated rings. The van der Waals surface area contributed by atoms with Gasteiger partial charge in [0.05, 0.1) is 0 Å². The second-order valence-corrected chi connectivity index (χ2v) is 15.1. The fraction of sp³-hybridized carbons (Fsp3) is 0.630. The molecule has 240 valence electrons. The maximum absolute atomic E-state index is 13.1. The number of hydrogen-bond acceptors (Lipinski definition) is 10. The van der Waals surface area contributed by atoms with Gasteiger partial charge in [-0.25, -0.2) is 0 Å². The number of piperazine rings is 1. The second-order valence-electron chi connectivity index (χ2n) is 12.0. The van der Waals surface area contributed by atoms with Crippen LogP contribution in [0.1, 0.15) is 19.3 Å². The topological polar surface area (TPSA) is 114 Å². The Morgan fingerprint density at radius 2 is 1.98 bits per heavy atom. The van der Waals surface area contributed by atoms with Gasteiger partial charge in [-0.15, -0.1) is 0 Å². The van der Waals surface area contributed by atoms with E-state index in [0.717, 1.165) is 51.1 Å². The van der Waals surface area contributed by atoms with Crippen molar-refractivity contribution in [3.05, 3.63) is 30.7 Å². The number of anilines is 3. The van der Waals surface area contributed by atoms with Gasteiger partial charge in [0.1, 0.15) is 0 Å². The van der Waals surface area contributed by atoms with Gasteiger partial charge in [0, 0.05) is 26.2 Å². The quantitative estimate of drug-likeness (QED) is 0.125. The van der Waals surface area contributed by atoms with E-state index in [9.17, 15) is 23.1 Å². The van der Waals surface area contributed by atoms with E-state index in [-0.39, 0.29) is 35.6 Å². The number of alkyl halides is 4. The molecule has 4 aliphatic heterocycles. The summed E-state index contributed by atoms with van der Waals surface area (Å²) < 4.78 is 45.0. The summed E-state index contributed by atoms with van der Waals surface area (Å²) in [5.41, 5.74) is 2.34. The number of pyridine rings is 1. The van der Waals surface area contributed by atoms with Crippen molar-refractivity contribution in [2.24, 2.45) is 5.92 Å². The first-order valence-corrected chi connectivity index (χ1v) is 17.1. The number of carbonyl (C=O) groups excluding carboxylic acids is 1. The number of halogens is 4. The number of fused-ring (bicyclic) bond motifs is 3. The van der Waals surface area contributed by atoms with Gasteiger partial charge in [-0.1, -0.05) is 0 Å². The minimum atomic E-state index is -4.22. The molecule has 3 aromatic rings. The number of carbonyl (C=O) groups is 1. The first-order chi connectivity index (χ1) is 21.1. The third kappa shape index (κ3) is 5.95. The third-order valence-electron chi connectivity index (χ3n) is 8.94. The third-order valence-corrected chi connectivity index (χ3v) is 12.4. The molecule has 3 unspecified atom stereocenters. The number of likely N-dealkylation sites (N-methyl/N-ethyl adjacent to an activating group) is 1. The number of aromatic nitrogens is 5. The van der Waals surface area contributed by atoms with Crippen LogP contribution in [-0.4, -0.2) is 130 Å². The molecule has 0 aliphatic carbocycles. The van der Waals surface area contributed by atoms with Gasteiger partial charge < -0.3 is 4.90 Å². The molecular weight excluding hydrogens is 694 g/mol. The first kappa shape index (κ1) is 29.9. The SMILES string of the molecule is CN1CCN(C(=O)Cn2cc(Nc3nc4c(N5CC6CCCC([I-]5)N6C(O)N5CC(C(F)(F)F)C5)cccn4n3)cn2)CC1. The van der Waals surface area contributed by atoms with Crippen LogP contribution < -0.4 is 29.9 Å². The number of nitrogens with zero attached hydrogens (tertiary/aromatic N) is 10. The fourth-order valence-electron chi connectivity index (χ4n) is 6.35. The van der Waals surface area contributed by atoms with Crippen molar-refractivity contribution in [1.29, 1.82) is 0 Å². The van der Waals surface area contributed by atoms with Crippen LogP contribution in [0.3, 0.4) is 0 Å². The minimum absolute atomic E-state index is 0.0410. The minimum Gasteiger partial charge on any atom is 0.0157 e. The summed E-state index contributed by atoms with van der Waals surface area (Å²) in [5, 5.41) is 23.3. The van der Waals surface area contributed by atoms with E-state index in [0.29, 0.717) is 23.8 Å². The summed E-state index contributed by atoms with van der Waals surface area (Å²) in [6, 6.07) is 4.00. The van der Waals surface area contributed by atoms with E-state index in [1.54, 1.807) is 26.5 Å². The number of rotatable bonds is 7. The molecule has 0 spiro atoms. The Morgan fingerprint density at radius 1 is 1.18 bits per heavy atom. The van der Waals surface area contributed by atoms with Crippen molar-refractivity contribution >= 4 is 28.9 Å². The standard InChI is InChI=1S/C27H36F3IN11O2/c1-36-8-10-37(11-9-36)23(43)17-39-15-19(12-32-39)33-25-34-24-21(5-3-7-41(24)35-25)40-16-20-4-2-6-22(31-40)42(20)26(44)38-13-18(14-38)27(28,29)30/h3,5,7,12,15,18,20,22,26,44H,2,4,6,8-11,13-14,16-17H2,1H3,(H,33,35)/q-1. The molecule has 0 radical (unpaired) electrons. The van der Waals surface area contributed by atoms with Crippen LogP contribution in [0.15, 0.2) is 30.7 Å². The largest absolute Gasteiger partial charge is 0.0333 e. The molecule has 2 bridgehead atoms. The van der Waals surface area contributed by atoms with E-state index in [1.165, 1.54) is 0 Å². The van der Waals surface area contributed by atoms with Crippen molar-refractivity contribution in [3.8, 4) is 0 Å². The number of aliphatic hydroxyl groups is 1. The van der Waals surface area contributed by atoms with Crippen molar-refractivity contribution < 1.29 is 44.6 Å². The predicted molar refractivity (Wildman–Crippen MR) is 150 cm³/mol. The molecule has 4 saturated heterocycles. The van der Waals surface area contributed by atoms with Gasteiger partial charge in [0.2, 0.25) is 0 Å². The number of hydrogen-bond donors (Lipinski definition) is 2. The van der Waals surface area contributed by atoms with Gasteiger partial charge >= 0.3 is 226 Å². The fourth-order valence-corrected chi connectivity index (χ4v) is 10.2. The average Bonchev–Trinajstić information content (AvgIpc) is 3.57. The number of piperidine rings is 1. The number of aliphatic hydroxyl groups excluding tert-OH is 1. The van der Waals surface area contributed by atoms with E-state index < -0.39 is 39.9 Å². The average molecular weight is 731 g/mol. The molecule has 2 N–H and O–H groups in total. The molecule has 13 nitrogen and oxygen atoms in total. The maximum atomic E-state index is 13.1. The molecule has 4 aliphatic rings. The summed E-state index contributed by atoms with van der Waals surface area (Å²) in [6.07, 6.45) is 2.91. The smallest absolute Gasteiger partial charge is 0.0157 e. The Balaban J connectivity index is 1.01. The van der Waals surface area contributed by atoms with Crippen LogP contribution in [0.25, 0.3) is 5.65 Å². The normalized spacial score (nSPS) is 25.1. The van der Waals surface area contributed by atoms with E-state index in [4.69, 9.17) is 4.98 Å². The Labute approximate surface area is 263 Å². The number of likely N-dealkylation sites (tertiary alicyclic amines) is 1. The van der Waals surface area contributed by atoms with Crippen LogP contribution in [0.5, 0.6) is 0 Å². The van der Waals surface area contributed by atoms with Crippen molar-refractivity contribution in [1.82, 2.24) is 44.0 Å². The summed E-state index contributed by atoms with van der Waals surface area (Å²) in [6.45, 7) is 3.72. The summed E-state index contributed by atoms with van der Waals surface area (Å²) in [7, 11) is 2.05. The van der Waals surface area contributed by atoms with Crippen LogP contribution in [0.4, 0.5) is 30.5 Å². The van der Waals surface area contributed by atoms with E-state index in [1.807, 2.05) is 23.2 Å². The Bertz CT molecular complexity index is 1470. The molecule has 0 saturated carbocycles. The first-order valence-electron chi connectivity index (χ1n) is 14.9. The zero-order valence-electron chi connectivity index (χ0n) is 24.3. The summed E-state index contributed by atoms with van der Waals surface area (Å²) >= 11 is -0.619. The van der Waals surface area contributed by atoms with E-state index in [2.05, 4.69) is 35.5 Å². The molecule has 3 aromatic heterocycles. The molecule has 17 heteroatoms. The van der Waals surface area contributed by atoms with Crippen molar-refractivity contribution in [2.45, 2.75) is 48.4 Å². The molecular formula is C27H36F3IN11O2-. The van der Waals surface area contributed by atoms with Crippen molar-refractivity contribution in [2.75, 3.05) is 61.3 Å². The van der Waals surface area contributed by atoms with Gasteiger partial charge in [-0.2, -0.15) is 0 Å². The maximum Gasteiger partial charge on any atom is 0.0333 e. The van der Waals surface area contributed by atoms with Crippen LogP contribution in [0, 0.1) is 5.92 Å². The van der Waals surface area contributed by atoms with Crippen LogP contribution >= 0.6 is 0 Å². The molecule has 44 heavy (non-hydrogen) atoms. The molecule has 7 heterocycles. The van der Waals surface area contributed by atoms with Crippen molar-refractivity contribution in [3.63, 3.8) is 0 Å². The van der Waals surface area contributed by atoms with Gasteiger partial charge in [-0.3, -0.25) is 0 Å². The van der Waals surface area contributed by atoms with Gasteiger partial charge in [0.25, 0.3) is 0 Å². The molecule has 3 atom stereocenters. The zero-order chi connectivity index (χ0) is 30.6. The van der Waals surface area contributed by atoms with Crippen LogP contribution in [-0.2, 0) is 11.3 Å². The Kier molecular flexibility index (Phi) is 8.09. The predicted octanol–water partition coefficient (Wildman–Crippen LogP) is -1.78. The molecule has 7 rings (SSSR count). The summed E-state index contributed by atoms with van der Waals surface area (Å²) in [5.74, 6) is -0.911. The monoisotopic (exact) mass is 730 g/mol. The number of nitrogens with one attached hydrogen (secondary N) is 1. The molecule has 1 amide bonds. The van der Waals surface area contributed by atoms with Gasteiger partial charge in [-0.05, 0) is 7.05 Å². The summed E-state index contributed by atoms with van der Waals surface area (Å²) in [4.78, 5) is 25.2. The Hall–Kier alpha value is -2.74. The second kappa shape index (κ2) is 11.9. The van der Waals surface area contributed by atoms with Gasteiger partial charge in [0.15, 0.2) is 0 Å². The number of amides is 1. The zero-order valence-corrected chi connectivity index (χ0v) is 26.5. The van der Waals surface area contributed by atoms with E-state index >= 15 is 0 Å². The molecule has 0 aromatic carbocycles. The van der Waals surface area contributed by atoms with Crippen LogP contribution in [0.2, 0.25) is 0 Å². The Morgan fingerprint density at radius 3 is 2.73 bits per heavy atom.